The Balaban J connectivity index is 2.11. The first-order valence-corrected chi connectivity index (χ1v) is 6.23. The van der Waals surface area contributed by atoms with E-state index in [1.165, 1.54) is 0 Å². The molecular weight excluding hydrogens is 254 g/mol. The summed E-state index contributed by atoms with van der Waals surface area (Å²) < 4.78 is 5.10. The van der Waals surface area contributed by atoms with Crippen LogP contribution < -0.4 is 15.8 Å². The van der Waals surface area contributed by atoms with Gasteiger partial charge in [-0.2, -0.15) is 0 Å². The summed E-state index contributed by atoms with van der Waals surface area (Å²) >= 11 is 0. The number of nitrogens with one attached hydrogen (secondary N) is 1. The Kier molecular flexibility index (Phi) is 4.20. The fraction of sp³-hybridized carbons (Fsp3) is 0.200. The maximum atomic E-state index is 12.2. The van der Waals surface area contributed by atoms with Crippen LogP contribution in [0.25, 0.3) is 0 Å². The molecule has 0 spiro atoms. The predicted octanol–water partition coefficient (Wildman–Crippen LogP) is 1.91. The minimum absolute atomic E-state index is 0.224. The second-order valence-corrected chi connectivity index (χ2v) is 4.44. The van der Waals surface area contributed by atoms with E-state index in [0.717, 1.165) is 11.1 Å². The van der Waals surface area contributed by atoms with E-state index in [9.17, 15) is 4.79 Å². The Morgan fingerprint density at radius 3 is 2.90 bits per heavy atom. The van der Waals surface area contributed by atoms with E-state index < -0.39 is 0 Å². The zero-order valence-electron chi connectivity index (χ0n) is 11.5. The van der Waals surface area contributed by atoms with Crippen molar-refractivity contribution in [2.45, 2.75) is 13.5 Å². The Morgan fingerprint density at radius 1 is 1.40 bits per heavy atom. The zero-order chi connectivity index (χ0) is 14.5. The first kappa shape index (κ1) is 13.9. The van der Waals surface area contributed by atoms with E-state index in [0.29, 0.717) is 23.5 Å². The molecular formula is C15H17N3O2. The van der Waals surface area contributed by atoms with Crippen LogP contribution in [-0.2, 0) is 6.54 Å². The van der Waals surface area contributed by atoms with Gasteiger partial charge in [0.05, 0.1) is 12.7 Å². The standard InChI is InChI=1S/C15H17N3O2/c1-10-8-17-6-5-11(10)9-18-15(19)13-7-12(20-2)3-4-14(13)16/h3-8H,9,16H2,1-2H3,(H,18,19). The summed E-state index contributed by atoms with van der Waals surface area (Å²) in [6.07, 6.45) is 3.47. The zero-order valence-corrected chi connectivity index (χ0v) is 11.5. The van der Waals surface area contributed by atoms with Crippen molar-refractivity contribution in [3.63, 3.8) is 0 Å². The Morgan fingerprint density at radius 2 is 2.20 bits per heavy atom. The number of carbonyl (C=O) groups excluding carboxylic acids is 1. The highest BCUT2D eigenvalue weighted by atomic mass is 16.5. The first-order valence-electron chi connectivity index (χ1n) is 6.23. The second kappa shape index (κ2) is 6.06. The lowest BCUT2D eigenvalue weighted by Gasteiger charge is -2.10. The predicted molar refractivity (Wildman–Crippen MR) is 77.6 cm³/mol. The molecule has 0 aliphatic carbocycles. The van der Waals surface area contributed by atoms with Gasteiger partial charge in [-0.15, -0.1) is 0 Å². The number of aromatic nitrogens is 1. The lowest BCUT2D eigenvalue weighted by Crippen LogP contribution is -2.24. The Labute approximate surface area is 117 Å². The van der Waals surface area contributed by atoms with E-state index in [-0.39, 0.29) is 5.91 Å². The number of nitrogen functional groups attached to an aromatic ring is 1. The number of nitrogens with zero attached hydrogens (tertiary/aromatic N) is 1. The first-order chi connectivity index (χ1) is 9.61. The normalized spacial score (nSPS) is 10.1. The van der Waals surface area contributed by atoms with Gasteiger partial charge < -0.3 is 15.8 Å². The number of hydrogen-bond acceptors (Lipinski definition) is 4. The van der Waals surface area contributed by atoms with Crippen LogP contribution in [0.2, 0.25) is 0 Å². The van der Waals surface area contributed by atoms with Crippen LogP contribution in [0.5, 0.6) is 5.75 Å². The van der Waals surface area contributed by atoms with Gasteiger partial charge in [0.25, 0.3) is 5.91 Å². The van der Waals surface area contributed by atoms with Gasteiger partial charge >= 0.3 is 0 Å². The van der Waals surface area contributed by atoms with E-state index >= 15 is 0 Å². The van der Waals surface area contributed by atoms with Crippen molar-refractivity contribution in [1.82, 2.24) is 10.3 Å². The molecule has 0 aliphatic rings. The molecule has 1 aromatic carbocycles. The summed E-state index contributed by atoms with van der Waals surface area (Å²) in [5.41, 5.74) is 8.71. The lowest BCUT2D eigenvalue weighted by molar-refractivity contribution is 0.0951. The molecule has 1 aromatic heterocycles. The number of carbonyl (C=O) groups is 1. The minimum Gasteiger partial charge on any atom is -0.497 e. The minimum atomic E-state index is -0.224. The van der Waals surface area contributed by atoms with E-state index in [2.05, 4.69) is 10.3 Å². The van der Waals surface area contributed by atoms with Gasteiger partial charge in [0.2, 0.25) is 0 Å². The fourth-order valence-electron chi connectivity index (χ4n) is 1.83. The van der Waals surface area contributed by atoms with Crippen molar-refractivity contribution in [3.05, 3.63) is 53.3 Å². The number of pyridine rings is 1. The molecule has 0 fully saturated rings. The molecule has 0 saturated heterocycles. The molecule has 20 heavy (non-hydrogen) atoms. The van der Waals surface area contributed by atoms with Gasteiger partial charge in [0.15, 0.2) is 0 Å². The average molecular weight is 271 g/mol. The number of ether oxygens (including phenoxy) is 1. The number of aryl methyl sites for hydroxylation is 1. The van der Waals surface area contributed by atoms with Crippen molar-refractivity contribution in [1.29, 1.82) is 0 Å². The topological polar surface area (TPSA) is 77.2 Å². The van der Waals surface area contributed by atoms with Gasteiger partial charge in [-0.1, -0.05) is 0 Å². The van der Waals surface area contributed by atoms with Gasteiger partial charge in [0, 0.05) is 24.6 Å². The fourth-order valence-corrected chi connectivity index (χ4v) is 1.83. The third-order valence-corrected chi connectivity index (χ3v) is 3.08. The summed E-state index contributed by atoms with van der Waals surface area (Å²) in [6.45, 7) is 2.39. The number of amides is 1. The molecule has 0 radical (unpaired) electrons. The average Bonchev–Trinajstić information content (AvgIpc) is 2.46. The number of anilines is 1. The number of nitrogens with two attached hydrogens (primary N) is 1. The highest BCUT2D eigenvalue weighted by Crippen LogP contribution is 2.19. The second-order valence-electron chi connectivity index (χ2n) is 4.44. The van der Waals surface area contributed by atoms with Crippen LogP contribution in [0, 0.1) is 6.92 Å². The summed E-state index contributed by atoms with van der Waals surface area (Å²) in [7, 11) is 1.55. The maximum Gasteiger partial charge on any atom is 0.253 e. The third-order valence-electron chi connectivity index (χ3n) is 3.08. The van der Waals surface area contributed by atoms with Crippen LogP contribution >= 0.6 is 0 Å². The van der Waals surface area contributed by atoms with E-state index in [1.807, 2.05) is 13.0 Å². The molecule has 1 amide bonds. The SMILES string of the molecule is COc1ccc(N)c(C(=O)NCc2ccncc2C)c1. The molecule has 5 heteroatoms. The monoisotopic (exact) mass is 271 g/mol. The molecule has 2 aromatic rings. The summed E-state index contributed by atoms with van der Waals surface area (Å²) in [5.74, 6) is 0.377. The van der Waals surface area contributed by atoms with Gasteiger partial charge in [0.1, 0.15) is 5.75 Å². The van der Waals surface area contributed by atoms with Crippen molar-refractivity contribution in [2.24, 2.45) is 0 Å². The molecule has 0 atom stereocenters. The quantitative estimate of drug-likeness (QED) is 0.833. The summed E-state index contributed by atoms with van der Waals surface area (Å²) in [5, 5.41) is 2.85. The summed E-state index contributed by atoms with van der Waals surface area (Å²) in [4.78, 5) is 16.2. The van der Waals surface area contributed by atoms with Crippen molar-refractivity contribution >= 4 is 11.6 Å². The number of benzene rings is 1. The van der Waals surface area contributed by atoms with Gasteiger partial charge in [-0.05, 0) is 42.3 Å². The number of methoxy groups -OCH3 is 1. The van der Waals surface area contributed by atoms with Gasteiger partial charge in [-0.3, -0.25) is 9.78 Å². The largest absolute Gasteiger partial charge is 0.497 e. The molecule has 0 unspecified atom stereocenters. The summed E-state index contributed by atoms with van der Waals surface area (Å²) in [6, 6.07) is 6.89. The highest BCUT2D eigenvalue weighted by molar-refractivity contribution is 5.99. The molecule has 0 aliphatic heterocycles. The van der Waals surface area contributed by atoms with Crippen LogP contribution in [-0.4, -0.2) is 18.0 Å². The van der Waals surface area contributed by atoms with Crippen LogP contribution in [0.3, 0.4) is 0 Å². The molecule has 104 valence electrons. The van der Waals surface area contributed by atoms with E-state index in [4.69, 9.17) is 10.5 Å². The van der Waals surface area contributed by atoms with Crippen molar-refractivity contribution in [3.8, 4) is 5.75 Å². The van der Waals surface area contributed by atoms with Crippen LogP contribution in [0.15, 0.2) is 36.7 Å². The molecule has 3 N–H and O–H groups in total. The molecule has 0 bridgehead atoms. The number of hydrogen-bond donors (Lipinski definition) is 2. The molecule has 2 rings (SSSR count). The third kappa shape index (κ3) is 3.06. The Bertz CT molecular complexity index is 626. The van der Waals surface area contributed by atoms with Crippen molar-refractivity contribution in [2.75, 3.05) is 12.8 Å². The van der Waals surface area contributed by atoms with E-state index in [1.54, 1.807) is 37.7 Å². The Hall–Kier alpha value is -2.56. The highest BCUT2D eigenvalue weighted by Gasteiger charge is 2.11. The van der Waals surface area contributed by atoms with Crippen molar-refractivity contribution < 1.29 is 9.53 Å². The maximum absolute atomic E-state index is 12.2. The number of rotatable bonds is 4. The smallest absolute Gasteiger partial charge is 0.253 e. The van der Waals surface area contributed by atoms with Gasteiger partial charge in [-0.25, -0.2) is 0 Å². The molecule has 1 heterocycles. The lowest BCUT2D eigenvalue weighted by atomic mass is 10.1. The molecule has 0 saturated carbocycles. The van der Waals surface area contributed by atoms with Crippen LogP contribution in [0.4, 0.5) is 5.69 Å². The van der Waals surface area contributed by atoms with Crippen LogP contribution in [0.1, 0.15) is 21.5 Å². The molecule has 5 nitrogen and oxygen atoms in total.